The van der Waals surface area contributed by atoms with Crippen LogP contribution in [0.3, 0.4) is 0 Å². The van der Waals surface area contributed by atoms with Gasteiger partial charge in [0.25, 0.3) is 5.91 Å². The minimum Gasteiger partial charge on any atom is -0.504 e. The highest BCUT2D eigenvalue weighted by atomic mass is 16.3. The number of rotatable bonds is 2. The first-order valence-corrected chi connectivity index (χ1v) is 6.14. The van der Waals surface area contributed by atoms with Gasteiger partial charge in [-0.05, 0) is 36.4 Å². The summed E-state index contributed by atoms with van der Waals surface area (Å²) in [6, 6.07) is 10.9. The number of para-hydroxylation sites is 1. The van der Waals surface area contributed by atoms with Gasteiger partial charge in [-0.2, -0.15) is 0 Å². The first-order chi connectivity index (χ1) is 10.1. The lowest BCUT2D eigenvalue weighted by Crippen LogP contribution is -2.11. The summed E-state index contributed by atoms with van der Waals surface area (Å²) < 4.78 is 0. The standard InChI is InChI=1S/C16H13NO4/c18-10-2-3-11-6-8-12(9-7-11)17-16(21)13-4-1-5-14(19)15(13)20/h1,4-9,18-20H,10H2,(H,17,21). The van der Waals surface area contributed by atoms with E-state index in [4.69, 9.17) is 5.11 Å². The first-order valence-electron chi connectivity index (χ1n) is 6.14. The molecular weight excluding hydrogens is 270 g/mol. The molecule has 2 aromatic carbocycles. The third-order valence-corrected chi connectivity index (χ3v) is 2.71. The van der Waals surface area contributed by atoms with Gasteiger partial charge in [0.1, 0.15) is 6.61 Å². The van der Waals surface area contributed by atoms with E-state index in [0.29, 0.717) is 11.3 Å². The molecule has 0 aliphatic rings. The number of hydrogen-bond acceptors (Lipinski definition) is 4. The van der Waals surface area contributed by atoms with Crippen LogP contribution in [0.25, 0.3) is 0 Å². The van der Waals surface area contributed by atoms with E-state index < -0.39 is 11.7 Å². The fourth-order valence-electron chi connectivity index (χ4n) is 1.69. The van der Waals surface area contributed by atoms with Crippen molar-refractivity contribution in [2.45, 2.75) is 0 Å². The zero-order chi connectivity index (χ0) is 15.2. The Labute approximate surface area is 121 Å². The van der Waals surface area contributed by atoms with Crippen molar-refractivity contribution in [3.63, 3.8) is 0 Å². The van der Waals surface area contributed by atoms with Crippen molar-refractivity contribution in [3.8, 4) is 23.3 Å². The largest absolute Gasteiger partial charge is 0.504 e. The Morgan fingerprint density at radius 3 is 2.48 bits per heavy atom. The summed E-state index contributed by atoms with van der Waals surface area (Å²) in [6.45, 7) is -0.213. The van der Waals surface area contributed by atoms with E-state index in [0.717, 1.165) is 0 Å². The quantitative estimate of drug-likeness (QED) is 0.499. The lowest BCUT2D eigenvalue weighted by atomic mass is 10.1. The van der Waals surface area contributed by atoms with Crippen LogP contribution >= 0.6 is 0 Å². The maximum atomic E-state index is 12.0. The van der Waals surface area contributed by atoms with E-state index in [2.05, 4.69) is 17.2 Å². The zero-order valence-electron chi connectivity index (χ0n) is 11.0. The van der Waals surface area contributed by atoms with Gasteiger partial charge in [-0.25, -0.2) is 0 Å². The lowest BCUT2D eigenvalue weighted by molar-refractivity contribution is 0.102. The second-order valence-electron chi connectivity index (χ2n) is 4.16. The van der Waals surface area contributed by atoms with Gasteiger partial charge >= 0.3 is 0 Å². The molecule has 0 heterocycles. The minimum atomic E-state index is -0.530. The zero-order valence-corrected chi connectivity index (χ0v) is 11.0. The second-order valence-corrected chi connectivity index (χ2v) is 4.16. The van der Waals surface area contributed by atoms with Crippen molar-refractivity contribution in [1.82, 2.24) is 0 Å². The highest BCUT2D eigenvalue weighted by Gasteiger charge is 2.13. The third-order valence-electron chi connectivity index (χ3n) is 2.71. The predicted octanol–water partition coefficient (Wildman–Crippen LogP) is 1.69. The highest BCUT2D eigenvalue weighted by Crippen LogP contribution is 2.28. The molecule has 2 rings (SSSR count). The Kier molecular flexibility index (Phi) is 4.44. The molecule has 106 valence electrons. The molecule has 0 fully saturated rings. The summed E-state index contributed by atoms with van der Waals surface area (Å²) in [7, 11) is 0. The van der Waals surface area contributed by atoms with Gasteiger partial charge in [-0.1, -0.05) is 17.9 Å². The van der Waals surface area contributed by atoms with Crippen LogP contribution in [0.1, 0.15) is 15.9 Å². The number of nitrogens with one attached hydrogen (secondary N) is 1. The van der Waals surface area contributed by atoms with Gasteiger partial charge < -0.3 is 20.6 Å². The van der Waals surface area contributed by atoms with Crippen LogP contribution in [0.5, 0.6) is 11.5 Å². The number of aliphatic hydroxyl groups excluding tert-OH is 1. The molecule has 0 spiro atoms. The van der Waals surface area contributed by atoms with Crippen molar-refractivity contribution in [2.24, 2.45) is 0 Å². The van der Waals surface area contributed by atoms with Crippen molar-refractivity contribution in [3.05, 3.63) is 53.6 Å². The van der Waals surface area contributed by atoms with Crippen LogP contribution < -0.4 is 5.32 Å². The van der Waals surface area contributed by atoms with Crippen LogP contribution in [0.4, 0.5) is 5.69 Å². The number of phenols is 2. The SMILES string of the molecule is O=C(Nc1ccc(C#CCO)cc1)c1cccc(O)c1O. The van der Waals surface area contributed by atoms with Crippen molar-refractivity contribution >= 4 is 11.6 Å². The number of amides is 1. The average Bonchev–Trinajstić information content (AvgIpc) is 2.49. The summed E-state index contributed by atoms with van der Waals surface area (Å²) in [6.07, 6.45) is 0. The molecular formula is C16H13NO4. The minimum absolute atomic E-state index is 0.0147. The summed E-state index contributed by atoms with van der Waals surface area (Å²) in [5.41, 5.74) is 1.22. The monoisotopic (exact) mass is 283 g/mol. The molecule has 4 N–H and O–H groups in total. The molecule has 0 radical (unpaired) electrons. The van der Waals surface area contributed by atoms with Crippen molar-refractivity contribution in [1.29, 1.82) is 0 Å². The van der Waals surface area contributed by atoms with Gasteiger partial charge in [0, 0.05) is 11.3 Å². The Hall–Kier alpha value is -2.97. The number of carbonyl (C=O) groups is 1. The van der Waals surface area contributed by atoms with Crippen molar-refractivity contribution in [2.75, 3.05) is 11.9 Å². The predicted molar refractivity (Wildman–Crippen MR) is 78.1 cm³/mol. The number of benzene rings is 2. The summed E-state index contributed by atoms with van der Waals surface area (Å²) >= 11 is 0. The number of aromatic hydroxyl groups is 2. The lowest BCUT2D eigenvalue weighted by Gasteiger charge is -2.07. The van der Waals surface area contributed by atoms with E-state index in [9.17, 15) is 15.0 Å². The van der Waals surface area contributed by atoms with Crippen LogP contribution in [-0.2, 0) is 0 Å². The van der Waals surface area contributed by atoms with Crippen LogP contribution in [0.15, 0.2) is 42.5 Å². The van der Waals surface area contributed by atoms with Crippen LogP contribution in [0.2, 0.25) is 0 Å². The molecule has 0 atom stereocenters. The summed E-state index contributed by atoms with van der Waals surface area (Å²) in [5.74, 6) is 3.92. The average molecular weight is 283 g/mol. The third kappa shape index (κ3) is 3.53. The molecule has 0 aromatic heterocycles. The number of aliphatic hydroxyl groups is 1. The molecule has 21 heavy (non-hydrogen) atoms. The normalized spacial score (nSPS) is 9.57. The van der Waals surface area contributed by atoms with Gasteiger partial charge in [0.15, 0.2) is 11.5 Å². The van der Waals surface area contributed by atoms with Gasteiger partial charge in [0.05, 0.1) is 5.56 Å². The smallest absolute Gasteiger partial charge is 0.259 e. The molecule has 2 aromatic rings. The first kappa shape index (κ1) is 14.4. The van der Waals surface area contributed by atoms with Crippen LogP contribution in [-0.4, -0.2) is 27.8 Å². The van der Waals surface area contributed by atoms with E-state index in [1.807, 2.05) is 0 Å². The Morgan fingerprint density at radius 2 is 1.81 bits per heavy atom. The number of carbonyl (C=O) groups excluding carboxylic acids is 1. The molecule has 5 heteroatoms. The maximum absolute atomic E-state index is 12.0. The molecule has 0 unspecified atom stereocenters. The molecule has 0 bridgehead atoms. The Morgan fingerprint density at radius 1 is 1.10 bits per heavy atom. The Bertz CT molecular complexity index is 711. The highest BCUT2D eigenvalue weighted by molar-refractivity contribution is 6.06. The van der Waals surface area contributed by atoms with Crippen molar-refractivity contribution < 1.29 is 20.1 Å². The number of anilines is 1. The van der Waals surface area contributed by atoms with E-state index in [1.165, 1.54) is 18.2 Å². The number of phenolic OH excluding ortho intramolecular Hbond substituents is 2. The van der Waals surface area contributed by atoms with E-state index >= 15 is 0 Å². The molecule has 0 saturated carbocycles. The maximum Gasteiger partial charge on any atom is 0.259 e. The molecule has 0 saturated heterocycles. The fourth-order valence-corrected chi connectivity index (χ4v) is 1.69. The van der Waals surface area contributed by atoms with E-state index in [1.54, 1.807) is 24.3 Å². The Balaban J connectivity index is 2.14. The summed E-state index contributed by atoms with van der Waals surface area (Å²) in [5, 5.41) is 30.2. The second kappa shape index (κ2) is 6.46. The van der Waals surface area contributed by atoms with Gasteiger partial charge in [0.2, 0.25) is 0 Å². The molecule has 1 amide bonds. The van der Waals surface area contributed by atoms with Gasteiger partial charge in [-0.3, -0.25) is 4.79 Å². The molecule has 0 aliphatic heterocycles. The summed E-state index contributed by atoms with van der Waals surface area (Å²) in [4.78, 5) is 12.0. The topological polar surface area (TPSA) is 89.8 Å². The van der Waals surface area contributed by atoms with Gasteiger partial charge in [-0.15, -0.1) is 0 Å². The molecule has 5 nitrogen and oxygen atoms in total. The van der Waals surface area contributed by atoms with Crippen LogP contribution in [0, 0.1) is 11.8 Å². The molecule has 0 aliphatic carbocycles. The number of hydrogen-bond donors (Lipinski definition) is 4. The van der Waals surface area contributed by atoms with E-state index in [-0.39, 0.29) is 17.9 Å². The fraction of sp³-hybridized carbons (Fsp3) is 0.0625.